The molecule has 1 aromatic carbocycles. The standard InChI is InChI=1S/C18H24N2O2/c1-2-3-10-19-13-15(12-17(19)21)18(22)20-11-6-8-14-7-4-5-9-16(14)20/h4-5,7,9,15H,2-3,6,8,10-13H2,1H3. The molecule has 0 aromatic heterocycles. The van der Waals surface area contributed by atoms with E-state index in [9.17, 15) is 9.59 Å². The van der Waals surface area contributed by atoms with E-state index in [1.807, 2.05) is 28.0 Å². The highest BCUT2D eigenvalue weighted by Crippen LogP contribution is 2.30. The van der Waals surface area contributed by atoms with Crippen LogP contribution in [0.5, 0.6) is 0 Å². The molecule has 1 unspecified atom stereocenters. The monoisotopic (exact) mass is 300 g/mol. The summed E-state index contributed by atoms with van der Waals surface area (Å²) in [5, 5.41) is 0. The number of hydrogen-bond acceptors (Lipinski definition) is 2. The molecular formula is C18H24N2O2. The third kappa shape index (κ3) is 2.87. The summed E-state index contributed by atoms with van der Waals surface area (Å²) in [6, 6.07) is 8.14. The van der Waals surface area contributed by atoms with Crippen molar-refractivity contribution in [1.82, 2.24) is 4.90 Å². The molecule has 118 valence electrons. The second kappa shape index (κ2) is 6.51. The fourth-order valence-corrected chi connectivity index (χ4v) is 3.49. The van der Waals surface area contributed by atoms with E-state index in [0.717, 1.165) is 44.5 Å². The van der Waals surface area contributed by atoms with Crippen LogP contribution in [-0.4, -0.2) is 36.3 Å². The van der Waals surface area contributed by atoms with Crippen LogP contribution >= 0.6 is 0 Å². The largest absolute Gasteiger partial charge is 0.342 e. The molecule has 0 N–H and O–H groups in total. The first-order valence-electron chi connectivity index (χ1n) is 8.37. The Labute approximate surface area is 132 Å². The Hall–Kier alpha value is -1.84. The number of rotatable bonds is 4. The van der Waals surface area contributed by atoms with Crippen molar-refractivity contribution in [3.8, 4) is 0 Å². The van der Waals surface area contributed by atoms with E-state index in [2.05, 4.69) is 13.0 Å². The highest BCUT2D eigenvalue weighted by molar-refractivity contribution is 5.99. The van der Waals surface area contributed by atoms with Crippen molar-refractivity contribution in [2.24, 2.45) is 5.92 Å². The average Bonchev–Trinajstić information content (AvgIpc) is 2.92. The molecule has 4 nitrogen and oxygen atoms in total. The first-order valence-corrected chi connectivity index (χ1v) is 8.37. The third-order valence-corrected chi connectivity index (χ3v) is 4.72. The van der Waals surface area contributed by atoms with E-state index in [0.29, 0.717) is 13.0 Å². The highest BCUT2D eigenvalue weighted by atomic mass is 16.2. The Morgan fingerprint density at radius 1 is 1.32 bits per heavy atom. The summed E-state index contributed by atoms with van der Waals surface area (Å²) < 4.78 is 0. The number of fused-ring (bicyclic) bond motifs is 1. The van der Waals surface area contributed by atoms with Crippen molar-refractivity contribution in [1.29, 1.82) is 0 Å². The predicted octanol–water partition coefficient (Wildman–Crippen LogP) is 2.61. The lowest BCUT2D eigenvalue weighted by Crippen LogP contribution is -2.40. The van der Waals surface area contributed by atoms with E-state index in [-0.39, 0.29) is 17.7 Å². The smallest absolute Gasteiger partial charge is 0.232 e. The lowest BCUT2D eigenvalue weighted by atomic mass is 9.99. The van der Waals surface area contributed by atoms with Gasteiger partial charge in [0.2, 0.25) is 11.8 Å². The van der Waals surface area contributed by atoms with Crippen LogP contribution in [0, 0.1) is 5.92 Å². The summed E-state index contributed by atoms with van der Waals surface area (Å²) in [5.74, 6) is 0.0899. The molecule has 0 spiro atoms. The van der Waals surface area contributed by atoms with Gasteiger partial charge in [-0.2, -0.15) is 0 Å². The second-order valence-electron chi connectivity index (χ2n) is 6.32. The summed E-state index contributed by atoms with van der Waals surface area (Å²) in [6.45, 7) is 4.27. The lowest BCUT2D eigenvalue weighted by molar-refractivity contribution is -0.128. The Kier molecular flexibility index (Phi) is 4.46. The minimum absolute atomic E-state index is 0.125. The maximum Gasteiger partial charge on any atom is 0.232 e. The van der Waals surface area contributed by atoms with Crippen LogP contribution in [-0.2, 0) is 16.0 Å². The quantitative estimate of drug-likeness (QED) is 0.857. The van der Waals surface area contributed by atoms with E-state index in [1.165, 1.54) is 5.56 Å². The van der Waals surface area contributed by atoms with Gasteiger partial charge in [-0.1, -0.05) is 31.5 Å². The Morgan fingerprint density at radius 3 is 2.95 bits per heavy atom. The molecule has 1 aromatic rings. The topological polar surface area (TPSA) is 40.6 Å². The number of aryl methyl sites for hydroxylation is 1. The van der Waals surface area contributed by atoms with Crippen molar-refractivity contribution in [3.63, 3.8) is 0 Å². The molecule has 2 aliphatic heterocycles. The molecule has 0 radical (unpaired) electrons. The van der Waals surface area contributed by atoms with Gasteiger partial charge in [-0.15, -0.1) is 0 Å². The Bertz CT molecular complexity index is 570. The van der Waals surface area contributed by atoms with Gasteiger partial charge in [-0.25, -0.2) is 0 Å². The van der Waals surface area contributed by atoms with Gasteiger partial charge in [-0.05, 0) is 30.9 Å². The summed E-state index contributed by atoms with van der Waals surface area (Å²) in [6.07, 6.45) is 4.50. The zero-order chi connectivity index (χ0) is 15.5. The number of carbonyl (C=O) groups excluding carboxylic acids is 2. The molecule has 3 rings (SSSR count). The van der Waals surface area contributed by atoms with Gasteiger partial charge in [0, 0.05) is 31.7 Å². The molecule has 4 heteroatoms. The Morgan fingerprint density at radius 2 is 2.14 bits per heavy atom. The number of unbranched alkanes of at least 4 members (excludes halogenated alkanes) is 1. The van der Waals surface area contributed by atoms with E-state index >= 15 is 0 Å². The SMILES string of the molecule is CCCCN1CC(C(=O)N2CCCc3ccccc32)CC1=O. The lowest BCUT2D eigenvalue weighted by Gasteiger charge is -2.31. The van der Waals surface area contributed by atoms with Gasteiger partial charge in [0.15, 0.2) is 0 Å². The molecule has 2 aliphatic rings. The van der Waals surface area contributed by atoms with Crippen LogP contribution < -0.4 is 4.90 Å². The minimum atomic E-state index is -0.171. The zero-order valence-corrected chi connectivity index (χ0v) is 13.3. The Balaban J connectivity index is 1.72. The van der Waals surface area contributed by atoms with Crippen molar-refractivity contribution in [2.45, 2.75) is 39.0 Å². The molecule has 1 saturated heterocycles. The van der Waals surface area contributed by atoms with Crippen molar-refractivity contribution in [2.75, 3.05) is 24.5 Å². The maximum absolute atomic E-state index is 12.9. The molecule has 0 bridgehead atoms. The van der Waals surface area contributed by atoms with Crippen LogP contribution in [0.25, 0.3) is 0 Å². The number of hydrogen-bond donors (Lipinski definition) is 0. The van der Waals surface area contributed by atoms with Crippen LogP contribution in [0.3, 0.4) is 0 Å². The van der Waals surface area contributed by atoms with Gasteiger partial charge < -0.3 is 9.80 Å². The fourth-order valence-electron chi connectivity index (χ4n) is 3.49. The summed E-state index contributed by atoms with van der Waals surface area (Å²) >= 11 is 0. The average molecular weight is 300 g/mol. The fraction of sp³-hybridized carbons (Fsp3) is 0.556. The third-order valence-electron chi connectivity index (χ3n) is 4.72. The van der Waals surface area contributed by atoms with Crippen LogP contribution in [0.2, 0.25) is 0 Å². The van der Waals surface area contributed by atoms with E-state index < -0.39 is 0 Å². The van der Waals surface area contributed by atoms with Gasteiger partial charge in [0.1, 0.15) is 0 Å². The minimum Gasteiger partial charge on any atom is -0.342 e. The predicted molar refractivity (Wildman–Crippen MR) is 86.7 cm³/mol. The van der Waals surface area contributed by atoms with E-state index in [4.69, 9.17) is 0 Å². The number of para-hydroxylation sites is 1. The first-order chi connectivity index (χ1) is 10.7. The molecule has 2 heterocycles. The van der Waals surface area contributed by atoms with Crippen molar-refractivity contribution < 1.29 is 9.59 Å². The molecule has 0 aliphatic carbocycles. The number of likely N-dealkylation sites (tertiary alicyclic amines) is 1. The molecule has 2 amide bonds. The summed E-state index contributed by atoms with van der Waals surface area (Å²) in [5.41, 5.74) is 2.28. The molecule has 1 fully saturated rings. The summed E-state index contributed by atoms with van der Waals surface area (Å²) in [4.78, 5) is 28.7. The molecule has 0 saturated carbocycles. The van der Waals surface area contributed by atoms with Gasteiger partial charge >= 0.3 is 0 Å². The number of amides is 2. The number of anilines is 1. The van der Waals surface area contributed by atoms with Crippen molar-refractivity contribution in [3.05, 3.63) is 29.8 Å². The first kappa shape index (κ1) is 15.1. The van der Waals surface area contributed by atoms with Gasteiger partial charge in [0.05, 0.1) is 5.92 Å². The summed E-state index contributed by atoms with van der Waals surface area (Å²) in [7, 11) is 0. The molecule has 1 atom stereocenters. The normalized spacial score (nSPS) is 21.1. The highest BCUT2D eigenvalue weighted by Gasteiger charge is 2.37. The van der Waals surface area contributed by atoms with Crippen molar-refractivity contribution >= 4 is 17.5 Å². The van der Waals surface area contributed by atoms with Gasteiger partial charge in [0.25, 0.3) is 0 Å². The number of benzene rings is 1. The van der Waals surface area contributed by atoms with Gasteiger partial charge in [-0.3, -0.25) is 9.59 Å². The van der Waals surface area contributed by atoms with E-state index in [1.54, 1.807) is 0 Å². The van der Waals surface area contributed by atoms with Crippen LogP contribution in [0.1, 0.15) is 38.2 Å². The number of carbonyl (C=O) groups is 2. The molecular weight excluding hydrogens is 276 g/mol. The second-order valence-corrected chi connectivity index (χ2v) is 6.32. The zero-order valence-electron chi connectivity index (χ0n) is 13.3. The molecule has 22 heavy (non-hydrogen) atoms. The van der Waals surface area contributed by atoms with Crippen LogP contribution in [0.4, 0.5) is 5.69 Å². The van der Waals surface area contributed by atoms with Crippen LogP contribution in [0.15, 0.2) is 24.3 Å². The number of nitrogens with zero attached hydrogens (tertiary/aromatic N) is 2. The maximum atomic E-state index is 12.9.